The Bertz CT molecular complexity index is 388. The second kappa shape index (κ2) is 7.74. The highest BCUT2D eigenvalue weighted by molar-refractivity contribution is 5.79. The molecule has 5 heteroatoms. The predicted molar refractivity (Wildman–Crippen MR) is 76.0 cm³/mol. The highest BCUT2D eigenvalue weighted by Gasteiger charge is 2.15. The maximum Gasteiger partial charge on any atom is 0.191 e. The molecule has 1 aromatic heterocycles. The Kier molecular flexibility index (Phi) is 5.62. The summed E-state index contributed by atoms with van der Waals surface area (Å²) >= 11 is 0. The van der Waals surface area contributed by atoms with Crippen LogP contribution in [0.2, 0.25) is 0 Å². The molecule has 2 heterocycles. The lowest BCUT2D eigenvalue weighted by atomic mass is 10.2. The van der Waals surface area contributed by atoms with Crippen LogP contribution in [0.25, 0.3) is 0 Å². The van der Waals surface area contributed by atoms with Crippen LogP contribution in [0.4, 0.5) is 0 Å². The lowest BCUT2D eigenvalue weighted by Crippen LogP contribution is -2.41. The number of hydrogen-bond donors (Lipinski definition) is 2. The maximum absolute atomic E-state index is 5.59. The molecule has 2 N–H and O–H groups in total. The molecule has 1 aliphatic rings. The second-order valence-electron chi connectivity index (χ2n) is 4.53. The van der Waals surface area contributed by atoms with Crippen LogP contribution < -0.4 is 10.6 Å². The minimum Gasteiger partial charge on any atom is -0.376 e. The molecule has 19 heavy (non-hydrogen) atoms. The Morgan fingerprint density at radius 1 is 1.47 bits per heavy atom. The SMILES string of the molecule is CCNC(=NCc1ccccn1)NCC1CCCO1. The summed E-state index contributed by atoms with van der Waals surface area (Å²) in [5.74, 6) is 0.823. The monoisotopic (exact) mass is 262 g/mol. The minimum absolute atomic E-state index is 0.318. The Hall–Kier alpha value is -1.62. The fourth-order valence-corrected chi connectivity index (χ4v) is 2.01. The van der Waals surface area contributed by atoms with E-state index < -0.39 is 0 Å². The first-order valence-electron chi connectivity index (χ1n) is 6.92. The molecule has 5 nitrogen and oxygen atoms in total. The van der Waals surface area contributed by atoms with Gasteiger partial charge in [-0.15, -0.1) is 0 Å². The molecule has 1 fully saturated rings. The van der Waals surface area contributed by atoms with Crippen molar-refractivity contribution in [1.29, 1.82) is 0 Å². The molecule has 0 spiro atoms. The lowest BCUT2D eigenvalue weighted by Gasteiger charge is -2.14. The molecule has 0 bridgehead atoms. The summed E-state index contributed by atoms with van der Waals surface area (Å²) in [6.45, 7) is 5.19. The van der Waals surface area contributed by atoms with Crippen molar-refractivity contribution >= 4 is 5.96 Å². The molecule has 0 saturated carbocycles. The van der Waals surface area contributed by atoms with Crippen LogP contribution in [0.3, 0.4) is 0 Å². The smallest absolute Gasteiger partial charge is 0.191 e. The van der Waals surface area contributed by atoms with E-state index in [-0.39, 0.29) is 0 Å². The summed E-state index contributed by atoms with van der Waals surface area (Å²) in [5.41, 5.74) is 0.969. The molecule has 0 radical (unpaired) electrons. The van der Waals surface area contributed by atoms with E-state index in [9.17, 15) is 0 Å². The van der Waals surface area contributed by atoms with Gasteiger partial charge in [0.15, 0.2) is 5.96 Å². The van der Waals surface area contributed by atoms with Crippen molar-refractivity contribution in [2.75, 3.05) is 19.7 Å². The van der Waals surface area contributed by atoms with E-state index in [0.29, 0.717) is 12.6 Å². The van der Waals surface area contributed by atoms with Gasteiger partial charge in [0.05, 0.1) is 18.3 Å². The third kappa shape index (κ3) is 4.87. The van der Waals surface area contributed by atoms with E-state index in [1.54, 1.807) is 6.20 Å². The van der Waals surface area contributed by atoms with E-state index in [0.717, 1.165) is 44.2 Å². The fourth-order valence-electron chi connectivity index (χ4n) is 2.01. The van der Waals surface area contributed by atoms with Crippen molar-refractivity contribution in [3.63, 3.8) is 0 Å². The van der Waals surface area contributed by atoms with Gasteiger partial charge in [-0.1, -0.05) is 6.07 Å². The van der Waals surface area contributed by atoms with E-state index in [1.807, 2.05) is 18.2 Å². The zero-order valence-electron chi connectivity index (χ0n) is 11.4. The quantitative estimate of drug-likeness (QED) is 0.620. The number of aliphatic imine (C=N–C) groups is 1. The van der Waals surface area contributed by atoms with Gasteiger partial charge in [-0.2, -0.15) is 0 Å². The van der Waals surface area contributed by atoms with E-state index >= 15 is 0 Å². The number of nitrogens with zero attached hydrogens (tertiary/aromatic N) is 2. The molecule has 1 atom stereocenters. The van der Waals surface area contributed by atoms with Crippen LogP contribution in [0.5, 0.6) is 0 Å². The molecule has 0 amide bonds. The van der Waals surface area contributed by atoms with Crippen LogP contribution in [-0.4, -0.2) is 36.7 Å². The summed E-state index contributed by atoms with van der Waals surface area (Å²) in [7, 11) is 0. The molecular weight excluding hydrogens is 240 g/mol. The lowest BCUT2D eigenvalue weighted by molar-refractivity contribution is 0.114. The summed E-state index contributed by atoms with van der Waals surface area (Å²) in [5, 5.41) is 6.55. The summed E-state index contributed by atoms with van der Waals surface area (Å²) < 4.78 is 5.59. The van der Waals surface area contributed by atoms with Gasteiger partial charge in [0, 0.05) is 25.9 Å². The fraction of sp³-hybridized carbons (Fsp3) is 0.571. The van der Waals surface area contributed by atoms with E-state index in [1.165, 1.54) is 0 Å². The van der Waals surface area contributed by atoms with Crippen LogP contribution in [-0.2, 0) is 11.3 Å². The van der Waals surface area contributed by atoms with Gasteiger partial charge >= 0.3 is 0 Å². The molecule has 0 aliphatic carbocycles. The molecule has 2 rings (SSSR count). The van der Waals surface area contributed by atoms with Gasteiger partial charge in [-0.25, -0.2) is 4.99 Å². The Labute approximate surface area is 114 Å². The number of rotatable bonds is 5. The molecule has 1 aliphatic heterocycles. The normalized spacial score (nSPS) is 19.4. The van der Waals surface area contributed by atoms with Crippen molar-refractivity contribution in [2.45, 2.75) is 32.4 Å². The molecular formula is C14H22N4O. The Balaban J connectivity index is 1.83. The number of pyridine rings is 1. The zero-order chi connectivity index (χ0) is 13.3. The average Bonchev–Trinajstić information content (AvgIpc) is 2.96. The summed E-state index contributed by atoms with van der Waals surface area (Å²) in [6, 6.07) is 5.87. The van der Waals surface area contributed by atoms with Crippen LogP contribution >= 0.6 is 0 Å². The van der Waals surface area contributed by atoms with Gasteiger partial charge < -0.3 is 15.4 Å². The molecule has 1 aromatic rings. The van der Waals surface area contributed by atoms with Gasteiger partial charge in [0.25, 0.3) is 0 Å². The topological polar surface area (TPSA) is 58.5 Å². The third-order valence-corrected chi connectivity index (χ3v) is 2.99. The Morgan fingerprint density at radius 3 is 3.11 bits per heavy atom. The minimum atomic E-state index is 0.318. The first-order chi connectivity index (χ1) is 9.38. The predicted octanol–water partition coefficient (Wildman–Crippen LogP) is 1.32. The number of nitrogens with one attached hydrogen (secondary N) is 2. The third-order valence-electron chi connectivity index (χ3n) is 2.99. The standard InChI is InChI=1S/C14H22N4O/c1-2-15-14(18-11-13-7-5-9-19-13)17-10-12-6-3-4-8-16-12/h3-4,6,8,13H,2,5,7,9-11H2,1H3,(H2,15,17,18). The summed E-state index contributed by atoms with van der Waals surface area (Å²) in [6.07, 6.45) is 4.40. The van der Waals surface area contributed by atoms with Gasteiger partial charge in [-0.3, -0.25) is 4.98 Å². The Morgan fingerprint density at radius 2 is 2.42 bits per heavy atom. The molecule has 104 valence electrons. The zero-order valence-corrected chi connectivity index (χ0v) is 11.4. The first kappa shape index (κ1) is 13.8. The number of ether oxygens (including phenoxy) is 1. The van der Waals surface area contributed by atoms with Crippen molar-refractivity contribution in [3.05, 3.63) is 30.1 Å². The average molecular weight is 262 g/mol. The number of guanidine groups is 1. The number of hydrogen-bond acceptors (Lipinski definition) is 3. The molecule has 0 aromatic carbocycles. The highest BCUT2D eigenvalue weighted by Crippen LogP contribution is 2.10. The molecule has 1 unspecified atom stereocenters. The van der Waals surface area contributed by atoms with E-state index in [4.69, 9.17) is 4.74 Å². The van der Waals surface area contributed by atoms with Crippen molar-refractivity contribution in [3.8, 4) is 0 Å². The maximum atomic E-state index is 5.59. The van der Waals surface area contributed by atoms with Crippen molar-refractivity contribution < 1.29 is 4.74 Å². The van der Waals surface area contributed by atoms with Gasteiger partial charge in [-0.05, 0) is 31.9 Å². The van der Waals surface area contributed by atoms with Crippen LogP contribution in [0.1, 0.15) is 25.5 Å². The molecule has 1 saturated heterocycles. The van der Waals surface area contributed by atoms with E-state index in [2.05, 4.69) is 27.5 Å². The van der Waals surface area contributed by atoms with Crippen LogP contribution in [0, 0.1) is 0 Å². The number of aromatic nitrogens is 1. The largest absolute Gasteiger partial charge is 0.376 e. The van der Waals surface area contributed by atoms with Crippen LogP contribution in [0.15, 0.2) is 29.4 Å². The van der Waals surface area contributed by atoms with Crippen molar-refractivity contribution in [1.82, 2.24) is 15.6 Å². The van der Waals surface area contributed by atoms with Gasteiger partial charge in [0.1, 0.15) is 0 Å². The van der Waals surface area contributed by atoms with Gasteiger partial charge in [0.2, 0.25) is 0 Å². The summed E-state index contributed by atoms with van der Waals surface area (Å²) in [4.78, 5) is 8.78. The first-order valence-corrected chi connectivity index (χ1v) is 6.92. The van der Waals surface area contributed by atoms with Crippen molar-refractivity contribution in [2.24, 2.45) is 4.99 Å². The second-order valence-corrected chi connectivity index (χ2v) is 4.53. The highest BCUT2D eigenvalue weighted by atomic mass is 16.5.